The molecule has 2 aliphatic heterocycles. The summed E-state index contributed by atoms with van der Waals surface area (Å²) in [5.74, 6) is -0.917. The molecule has 0 unspecified atom stereocenters. The number of imide groups is 1. The Balaban J connectivity index is 1.40. The highest BCUT2D eigenvalue weighted by molar-refractivity contribution is 6.23. The van der Waals surface area contributed by atoms with Crippen molar-refractivity contribution in [3.05, 3.63) is 70.3 Å². The zero-order chi connectivity index (χ0) is 22.7. The fraction of sp³-hybridized carbons (Fsp3) is 0.250. The van der Waals surface area contributed by atoms with Crippen LogP contribution >= 0.6 is 0 Å². The second kappa shape index (κ2) is 9.15. The Labute approximate surface area is 185 Å². The molecule has 1 saturated heterocycles. The first kappa shape index (κ1) is 21.5. The van der Waals surface area contributed by atoms with E-state index in [0.29, 0.717) is 48.4 Å². The van der Waals surface area contributed by atoms with Crippen LogP contribution in [0.2, 0.25) is 0 Å². The van der Waals surface area contributed by atoms with E-state index in [4.69, 9.17) is 4.74 Å². The molecule has 0 saturated carbocycles. The number of ether oxygens (including phenoxy) is 1. The van der Waals surface area contributed by atoms with Crippen molar-refractivity contribution in [2.75, 3.05) is 39.9 Å². The van der Waals surface area contributed by atoms with Crippen molar-refractivity contribution in [3.8, 4) is 0 Å². The number of benzene rings is 2. The molecule has 32 heavy (non-hydrogen) atoms. The molecule has 2 aromatic rings. The van der Waals surface area contributed by atoms with Gasteiger partial charge < -0.3 is 14.5 Å². The minimum Gasteiger partial charge on any atom is -0.375 e. The molecule has 0 bridgehead atoms. The van der Waals surface area contributed by atoms with Crippen molar-refractivity contribution in [2.24, 2.45) is 0 Å². The summed E-state index contributed by atoms with van der Waals surface area (Å²) in [5.41, 5.74) is 2.85. The lowest BCUT2D eigenvalue weighted by Crippen LogP contribution is -2.51. The van der Waals surface area contributed by atoms with E-state index in [0.717, 1.165) is 5.56 Å². The average Bonchev–Trinajstić information content (AvgIpc) is 3.12. The van der Waals surface area contributed by atoms with Crippen LogP contribution in [-0.4, -0.2) is 73.3 Å². The van der Waals surface area contributed by atoms with Crippen molar-refractivity contribution in [1.29, 1.82) is 0 Å². The Morgan fingerprint density at radius 2 is 1.62 bits per heavy atom. The second-order valence-corrected chi connectivity index (χ2v) is 7.61. The van der Waals surface area contributed by atoms with Crippen LogP contribution in [0.15, 0.2) is 42.5 Å². The molecule has 2 heterocycles. The highest BCUT2D eigenvalue weighted by atomic mass is 16.5. The summed E-state index contributed by atoms with van der Waals surface area (Å²) in [6, 6.07) is 12.3. The first-order valence-corrected chi connectivity index (χ1v) is 10.3. The van der Waals surface area contributed by atoms with Crippen molar-refractivity contribution in [1.82, 2.24) is 15.1 Å². The summed E-state index contributed by atoms with van der Waals surface area (Å²) in [6.07, 6.45) is 3.62. The summed E-state index contributed by atoms with van der Waals surface area (Å²) in [5, 5.41) is 2.31. The third-order valence-electron chi connectivity index (χ3n) is 5.60. The smallest absolute Gasteiger partial charge is 0.259 e. The number of nitrogens with zero attached hydrogens (tertiary/aromatic N) is 2. The topological polar surface area (TPSA) is 96.0 Å². The SMILES string of the molecule is COCC(=O)N1CCN(C(=O)c2ccc(/C=C/c3cccc4c3C(=O)NC4=O)cc2)CC1. The highest BCUT2D eigenvalue weighted by Crippen LogP contribution is 2.22. The second-order valence-electron chi connectivity index (χ2n) is 7.61. The molecule has 164 valence electrons. The van der Waals surface area contributed by atoms with E-state index in [1.807, 2.05) is 18.2 Å². The fourth-order valence-corrected chi connectivity index (χ4v) is 3.86. The van der Waals surface area contributed by atoms with E-state index in [1.165, 1.54) is 7.11 Å². The number of methoxy groups -OCH3 is 1. The molecule has 0 aromatic heterocycles. The molecule has 1 N–H and O–H groups in total. The van der Waals surface area contributed by atoms with Crippen molar-refractivity contribution in [2.45, 2.75) is 0 Å². The molecule has 8 nitrogen and oxygen atoms in total. The van der Waals surface area contributed by atoms with E-state index in [2.05, 4.69) is 5.32 Å². The van der Waals surface area contributed by atoms with Gasteiger partial charge in [-0.15, -0.1) is 0 Å². The largest absolute Gasteiger partial charge is 0.375 e. The van der Waals surface area contributed by atoms with E-state index < -0.39 is 5.91 Å². The van der Waals surface area contributed by atoms with Gasteiger partial charge in [0, 0.05) is 38.9 Å². The van der Waals surface area contributed by atoms with Crippen molar-refractivity contribution in [3.63, 3.8) is 0 Å². The van der Waals surface area contributed by atoms with Gasteiger partial charge in [0.1, 0.15) is 6.61 Å². The summed E-state index contributed by atoms with van der Waals surface area (Å²) >= 11 is 0. The Hall–Kier alpha value is -3.78. The first-order chi connectivity index (χ1) is 15.5. The Kier molecular flexibility index (Phi) is 6.13. The lowest BCUT2D eigenvalue weighted by Gasteiger charge is -2.34. The molecular weight excluding hydrogens is 410 g/mol. The van der Waals surface area contributed by atoms with Crippen LogP contribution in [0.4, 0.5) is 0 Å². The predicted octanol–water partition coefficient (Wildman–Crippen LogP) is 1.67. The molecule has 2 aliphatic rings. The van der Waals surface area contributed by atoms with E-state index in [9.17, 15) is 19.2 Å². The first-order valence-electron chi connectivity index (χ1n) is 10.3. The Morgan fingerprint density at radius 3 is 2.31 bits per heavy atom. The molecular formula is C24H23N3O5. The molecule has 0 spiro atoms. The number of carbonyl (C=O) groups is 4. The predicted molar refractivity (Wildman–Crippen MR) is 118 cm³/mol. The normalized spacial score (nSPS) is 15.8. The summed E-state index contributed by atoms with van der Waals surface area (Å²) in [7, 11) is 1.49. The lowest BCUT2D eigenvalue weighted by atomic mass is 10.0. The van der Waals surface area contributed by atoms with Gasteiger partial charge in [0.05, 0.1) is 11.1 Å². The number of piperazine rings is 1. The number of nitrogens with one attached hydrogen (secondary N) is 1. The molecule has 0 atom stereocenters. The quantitative estimate of drug-likeness (QED) is 0.572. The number of fused-ring (bicyclic) bond motifs is 1. The highest BCUT2D eigenvalue weighted by Gasteiger charge is 2.28. The van der Waals surface area contributed by atoms with Gasteiger partial charge in [0.25, 0.3) is 17.7 Å². The van der Waals surface area contributed by atoms with Crippen molar-refractivity contribution >= 4 is 35.8 Å². The van der Waals surface area contributed by atoms with Crippen LogP contribution in [0.25, 0.3) is 12.2 Å². The number of rotatable bonds is 5. The van der Waals surface area contributed by atoms with Crippen LogP contribution in [-0.2, 0) is 9.53 Å². The molecule has 8 heteroatoms. The van der Waals surface area contributed by atoms with Crippen LogP contribution in [0.3, 0.4) is 0 Å². The van der Waals surface area contributed by atoms with E-state index in [1.54, 1.807) is 46.2 Å². The fourth-order valence-electron chi connectivity index (χ4n) is 3.86. The van der Waals surface area contributed by atoms with Gasteiger partial charge in [-0.05, 0) is 29.3 Å². The number of hydrogen-bond donors (Lipinski definition) is 1. The van der Waals surface area contributed by atoms with Gasteiger partial charge in [-0.1, -0.05) is 36.4 Å². The third-order valence-corrected chi connectivity index (χ3v) is 5.60. The minimum atomic E-state index is -0.393. The Bertz CT molecular complexity index is 1100. The Morgan fingerprint density at radius 1 is 0.938 bits per heavy atom. The van der Waals surface area contributed by atoms with Crippen LogP contribution in [0, 0.1) is 0 Å². The van der Waals surface area contributed by atoms with Crippen LogP contribution in [0.5, 0.6) is 0 Å². The summed E-state index contributed by atoms with van der Waals surface area (Å²) in [6.45, 7) is 2.00. The number of carbonyl (C=O) groups excluding carboxylic acids is 4. The third kappa shape index (κ3) is 4.31. The molecule has 0 aliphatic carbocycles. The van der Waals surface area contributed by atoms with E-state index in [-0.39, 0.29) is 24.3 Å². The molecule has 0 radical (unpaired) electrons. The zero-order valence-electron chi connectivity index (χ0n) is 17.7. The number of hydrogen-bond acceptors (Lipinski definition) is 5. The average molecular weight is 433 g/mol. The van der Waals surface area contributed by atoms with Crippen molar-refractivity contribution < 1.29 is 23.9 Å². The van der Waals surface area contributed by atoms with E-state index >= 15 is 0 Å². The maximum absolute atomic E-state index is 12.8. The van der Waals surface area contributed by atoms with Crippen LogP contribution in [0.1, 0.15) is 42.2 Å². The summed E-state index contributed by atoms with van der Waals surface area (Å²) < 4.78 is 4.88. The van der Waals surface area contributed by atoms with Gasteiger partial charge in [0.15, 0.2) is 0 Å². The number of amides is 4. The molecule has 4 rings (SSSR count). The molecule has 4 amide bonds. The van der Waals surface area contributed by atoms with Gasteiger partial charge in [-0.3, -0.25) is 24.5 Å². The van der Waals surface area contributed by atoms with Gasteiger partial charge in [-0.25, -0.2) is 0 Å². The maximum Gasteiger partial charge on any atom is 0.259 e. The van der Waals surface area contributed by atoms with Gasteiger partial charge >= 0.3 is 0 Å². The maximum atomic E-state index is 12.8. The molecule has 1 fully saturated rings. The monoisotopic (exact) mass is 433 g/mol. The molecule has 2 aromatic carbocycles. The van der Waals surface area contributed by atoms with Gasteiger partial charge in [-0.2, -0.15) is 0 Å². The zero-order valence-corrected chi connectivity index (χ0v) is 17.7. The van der Waals surface area contributed by atoms with Crippen LogP contribution < -0.4 is 5.32 Å². The minimum absolute atomic E-state index is 0.0513. The lowest BCUT2D eigenvalue weighted by molar-refractivity contribution is -0.136. The summed E-state index contributed by atoms with van der Waals surface area (Å²) in [4.78, 5) is 52.0. The van der Waals surface area contributed by atoms with Gasteiger partial charge in [0.2, 0.25) is 5.91 Å². The standard InChI is InChI=1S/C24H23N3O5/c1-32-15-20(28)26-11-13-27(14-12-26)24(31)18-9-6-16(7-10-18)5-8-17-3-2-4-19-21(17)23(30)25-22(19)29/h2-10H,11-15H2,1H3,(H,25,29,30)/b8-5+.